The average molecular weight is 490 g/mol. The van der Waals surface area contributed by atoms with Crippen LogP contribution in [0.1, 0.15) is 39.1 Å². The highest BCUT2D eigenvalue weighted by Gasteiger charge is 2.21. The number of hydrogen-bond acceptors (Lipinski definition) is 3. The van der Waals surface area contributed by atoms with Crippen LogP contribution < -0.4 is 15.1 Å². The third kappa shape index (κ3) is 5.12. The molecule has 0 saturated carbocycles. The minimum Gasteiger partial charge on any atom is -0.370 e. The van der Waals surface area contributed by atoms with E-state index in [2.05, 4.69) is 16.3 Å². The fourth-order valence-corrected chi connectivity index (χ4v) is 4.96. The normalized spacial score (nSPS) is 12.9. The predicted molar refractivity (Wildman–Crippen MR) is 152 cm³/mol. The largest absolute Gasteiger partial charge is 0.370 e. The molecule has 4 aromatic carbocycles. The zero-order valence-corrected chi connectivity index (χ0v) is 21.3. The summed E-state index contributed by atoms with van der Waals surface area (Å²) in [6, 6.07) is 30.8. The van der Waals surface area contributed by atoms with E-state index in [0.717, 1.165) is 41.2 Å². The number of amides is 2. The van der Waals surface area contributed by atoms with Crippen LogP contribution in [-0.4, -0.2) is 32.0 Å². The first-order valence-corrected chi connectivity index (χ1v) is 12.7. The quantitative estimate of drug-likeness (QED) is 0.324. The predicted octanol–water partition coefficient (Wildman–Crippen LogP) is 6.79. The zero-order valence-electron chi connectivity index (χ0n) is 21.3. The Morgan fingerprint density at radius 3 is 2.11 bits per heavy atom. The summed E-state index contributed by atoms with van der Waals surface area (Å²) in [5, 5.41) is 2.99. The lowest BCUT2D eigenvalue weighted by Gasteiger charge is -2.26. The van der Waals surface area contributed by atoms with E-state index in [-0.39, 0.29) is 11.8 Å². The Morgan fingerprint density at radius 1 is 0.757 bits per heavy atom. The van der Waals surface area contributed by atoms with Crippen molar-refractivity contribution in [1.82, 2.24) is 0 Å². The van der Waals surface area contributed by atoms with E-state index in [1.807, 2.05) is 80.7 Å². The first-order valence-electron chi connectivity index (χ1n) is 12.7. The van der Waals surface area contributed by atoms with Crippen LogP contribution in [0.15, 0.2) is 97.1 Å². The van der Waals surface area contributed by atoms with Gasteiger partial charge in [-0.15, -0.1) is 0 Å². The number of rotatable bonds is 6. The molecule has 1 aliphatic rings. The topological polar surface area (TPSA) is 52.7 Å². The standard InChI is InChI=1S/C32H31N3O2/c1-23-11-3-4-12-26(23)27-13-5-6-14-28(27)31(36)33-25-19-17-24(18-20-25)32(37)34(2)29-15-7-8-16-30(29)35-21-9-10-22-35/h3-8,11-20H,9-10,21-22H2,1-2H3,(H,33,36). The maximum atomic E-state index is 13.3. The van der Waals surface area contributed by atoms with E-state index in [0.29, 0.717) is 16.8 Å². The van der Waals surface area contributed by atoms with E-state index in [9.17, 15) is 9.59 Å². The number of benzene rings is 4. The second-order valence-electron chi connectivity index (χ2n) is 9.44. The molecule has 1 aliphatic heterocycles. The van der Waals surface area contributed by atoms with Gasteiger partial charge in [0.15, 0.2) is 0 Å². The molecular weight excluding hydrogens is 458 g/mol. The maximum absolute atomic E-state index is 13.3. The van der Waals surface area contributed by atoms with Crippen LogP contribution in [0, 0.1) is 6.92 Å². The maximum Gasteiger partial charge on any atom is 0.258 e. The van der Waals surface area contributed by atoms with Crippen LogP contribution in [0.5, 0.6) is 0 Å². The van der Waals surface area contributed by atoms with Gasteiger partial charge in [-0.05, 0) is 78.9 Å². The number of carbonyl (C=O) groups is 2. The summed E-state index contributed by atoms with van der Waals surface area (Å²) in [4.78, 5) is 30.6. The molecule has 0 aliphatic carbocycles. The molecule has 0 spiro atoms. The van der Waals surface area contributed by atoms with Gasteiger partial charge in [-0.2, -0.15) is 0 Å². The second-order valence-corrected chi connectivity index (χ2v) is 9.44. The summed E-state index contributed by atoms with van der Waals surface area (Å²) in [7, 11) is 1.81. The smallest absolute Gasteiger partial charge is 0.258 e. The first kappa shape index (κ1) is 24.3. The van der Waals surface area contributed by atoms with Crippen molar-refractivity contribution in [3.8, 4) is 11.1 Å². The summed E-state index contributed by atoms with van der Waals surface area (Å²) in [6.07, 6.45) is 2.35. The van der Waals surface area contributed by atoms with Gasteiger partial charge in [0.2, 0.25) is 0 Å². The van der Waals surface area contributed by atoms with Crippen molar-refractivity contribution in [1.29, 1.82) is 0 Å². The molecule has 186 valence electrons. The molecule has 0 radical (unpaired) electrons. The summed E-state index contributed by atoms with van der Waals surface area (Å²) < 4.78 is 0. The lowest BCUT2D eigenvalue weighted by molar-refractivity contribution is 0.0991. The van der Waals surface area contributed by atoms with Crippen molar-refractivity contribution in [3.63, 3.8) is 0 Å². The Balaban J connectivity index is 1.32. The Kier molecular flexibility index (Phi) is 7.04. The highest BCUT2D eigenvalue weighted by Crippen LogP contribution is 2.32. The molecule has 5 nitrogen and oxygen atoms in total. The van der Waals surface area contributed by atoms with Crippen molar-refractivity contribution in [2.24, 2.45) is 0 Å². The van der Waals surface area contributed by atoms with Gasteiger partial charge in [-0.3, -0.25) is 9.59 Å². The fourth-order valence-electron chi connectivity index (χ4n) is 4.96. The number of nitrogens with zero attached hydrogens (tertiary/aromatic N) is 2. The van der Waals surface area contributed by atoms with Crippen molar-refractivity contribution in [2.45, 2.75) is 19.8 Å². The van der Waals surface area contributed by atoms with E-state index in [4.69, 9.17) is 0 Å². The van der Waals surface area contributed by atoms with Gasteiger partial charge in [0.05, 0.1) is 11.4 Å². The SMILES string of the molecule is Cc1ccccc1-c1ccccc1C(=O)Nc1ccc(C(=O)N(C)c2ccccc2N2CCCC2)cc1. The molecular formula is C32H31N3O2. The Hall–Kier alpha value is -4.38. The molecule has 1 fully saturated rings. The van der Waals surface area contributed by atoms with Gasteiger partial charge in [0.25, 0.3) is 11.8 Å². The van der Waals surface area contributed by atoms with E-state index < -0.39 is 0 Å². The molecule has 0 atom stereocenters. The van der Waals surface area contributed by atoms with Gasteiger partial charge in [-0.25, -0.2) is 0 Å². The Labute approximate surface area is 218 Å². The molecule has 1 saturated heterocycles. The number of para-hydroxylation sites is 2. The van der Waals surface area contributed by atoms with Gasteiger partial charge in [0, 0.05) is 37.0 Å². The summed E-state index contributed by atoms with van der Waals surface area (Å²) in [6.45, 7) is 4.07. The molecule has 0 unspecified atom stereocenters. The van der Waals surface area contributed by atoms with Gasteiger partial charge >= 0.3 is 0 Å². The molecule has 37 heavy (non-hydrogen) atoms. The van der Waals surface area contributed by atoms with Crippen LogP contribution in [0.25, 0.3) is 11.1 Å². The molecule has 5 rings (SSSR count). The number of aryl methyl sites for hydroxylation is 1. The van der Waals surface area contributed by atoms with Crippen molar-refractivity contribution in [3.05, 3.63) is 114 Å². The molecule has 1 N–H and O–H groups in total. The molecule has 1 heterocycles. The number of hydrogen-bond donors (Lipinski definition) is 1. The van der Waals surface area contributed by atoms with E-state index >= 15 is 0 Å². The van der Waals surface area contributed by atoms with Gasteiger partial charge < -0.3 is 15.1 Å². The van der Waals surface area contributed by atoms with Crippen LogP contribution in [0.2, 0.25) is 0 Å². The fraction of sp³-hybridized carbons (Fsp3) is 0.188. The van der Waals surface area contributed by atoms with Crippen molar-refractivity contribution >= 4 is 28.9 Å². The second kappa shape index (κ2) is 10.7. The Bertz CT molecular complexity index is 1420. The zero-order chi connectivity index (χ0) is 25.8. The third-order valence-corrected chi connectivity index (χ3v) is 6.99. The third-order valence-electron chi connectivity index (χ3n) is 6.99. The number of carbonyl (C=O) groups excluding carboxylic acids is 2. The van der Waals surface area contributed by atoms with Crippen molar-refractivity contribution < 1.29 is 9.59 Å². The number of nitrogens with one attached hydrogen (secondary N) is 1. The van der Waals surface area contributed by atoms with Crippen LogP contribution >= 0.6 is 0 Å². The lowest BCUT2D eigenvalue weighted by atomic mass is 9.95. The molecule has 5 heteroatoms. The minimum atomic E-state index is -0.186. The number of anilines is 3. The monoisotopic (exact) mass is 489 g/mol. The molecule has 0 aromatic heterocycles. The Morgan fingerprint density at radius 2 is 1.38 bits per heavy atom. The van der Waals surface area contributed by atoms with Crippen LogP contribution in [0.3, 0.4) is 0 Å². The highest BCUT2D eigenvalue weighted by atomic mass is 16.2. The average Bonchev–Trinajstić information content (AvgIpc) is 3.48. The molecule has 4 aromatic rings. The first-order chi connectivity index (χ1) is 18.0. The highest BCUT2D eigenvalue weighted by molar-refractivity contribution is 6.10. The lowest BCUT2D eigenvalue weighted by Crippen LogP contribution is -2.29. The van der Waals surface area contributed by atoms with Crippen LogP contribution in [-0.2, 0) is 0 Å². The molecule has 2 amide bonds. The van der Waals surface area contributed by atoms with Gasteiger partial charge in [-0.1, -0.05) is 54.6 Å². The molecule has 0 bridgehead atoms. The summed E-state index contributed by atoms with van der Waals surface area (Å²) in [5.41, 5.74) is 6.84. The summed E-state index contributed by atoms with van der Waals surface area (Å²) in [5.74, 6) is -0.274. The van der Waals surface area contributed by atoms with E-state index in [1.165, 1.54) is 12.8 Å². The summed E-state index contributed by atoms with van der Waals surface area (Å²) >= 11 is 0. The van der Waals surface area contributed by atoms with E-state index in [1.54, 1.807) is 29.2 Å². The van der Waals surface area contributed by atoms with Crippen LogP contribution in [0.4, 0.5) is 17.1 Å². The minimum absolute atomic E-state index is 0.0885. The van der Waals surface area contributed by atoms with Gasteiger partial charge in [0.1, 0.15) is 0 Å². The van der Waals surface area contributed by atoms with Crippen molar-refractivity contribution in [2.75, 3.05) is 35.3 Å².